The second-order valence-electron chi connectivity index (χ2n) is 7.13. The molecule has 0 fully saturated rings. The third-order valence-corrected chi connectivity index (χ3v) is 8.61. The Balaban J connectivity index is 1.38. The lowest BCUT2D eigenvalue weighted by atomic mass is 10.1. The van der Waals surface area contributed by atoms with E-state index in [0.29, 0.717) is 33.4 Å². The van der Waals surface area contributed by atoms with Crippen molar-refractivity contribution in [3.05, 3.63) is 71.7 Å². The van der Waals surface area contributed by atoms with Gasteiger partial charge in [-0.05, 0) is 42.3 Å². The molecule has 4 rings (SSSR count). The van der Waals surface area contributed by atoms with Crippen LogP contribution in [0.4, 0.5) is 9.52 Å². The number of amides is 1. The summed E-state index contributed by atoms with van der Waals surface area (Å²) >= 11 is 2.48. The maximum Gasteiger partial charge on any atom is 0.279 e. The molecule has 0 atom stereocenters. The molecular formula is C22H19FN4O4S3. The van der Waals surface area contributed by atoms with Gasteiger partial charge in [0, 0.05) is 17.4 Å². The molecular weight excluding hydrogens is 499 g/mol. The van der Waals surface area contributed by atoms with Crippen LogP contribution in [0, 0.1) is 5.82 Å². The van der Waals surface area contributed by atoms with Crippen LogP contribution < -0.4 is 5.32 Å². The van der Waals surface area contributed by atoms with Crippen molar-refractivity contribution in [1.29, 1.82) is 0 Å². The molecule has 0 bridgehead atoms. The number of rotatable bonds is 9. The average Bonchev–Trinajstić information content (AvgIpc) is 3.49. The number of hydrogen-bond acceptors (Lipinski definition) is 9. The van der Waals surface area contributed by atoms with Crippen LogP contribution >= 0.6 is 23.1 Å². The van der Waals surface area contributed by atoms with Gasteiger partial charge in [-0.25, -0.2) is 12.8 Å². The molecule has 0 saturated carbocycles. The molecule has 2 heterocycles. The topological polar surface area (TPSA) is 115 Å². The molecule has 1 N–H and O–H groups in total. The summed E-state index contributed by atoms with van der Waals surface area (Å²) in [4.78, 5) is 12.8. The van der Waals surface area contributed by atoms with E-state index in [1.54, 1.807) is 37.3 Å². The van der Waals surface area contributed by atoms with Gasteiger partial charge in [0.25, 0.3) is 5.91 Å². The van der Waals surface area contributed by atoms with Crippen molar-refractivity contribution in [3.8, 4) is 11.3 Å². The van der Waals surface area contributed by atoms with Gasteiger partial charge in [-0.2, -0.15) is 0 Å². The van der Waals surface area contributed by atoms with Crippen molar-refractivity contribution in [3.63, 3.8) is 0 Å². The second-order valence-corrected chi connectivity index (χ2v) is 11.4. The summed E-state index contributed by atoms with van der Waals surface area (Å²) in [6.45, 7) is 1.81. The predicted octanol–water partition coefficient (Wildman–Crippen LogP) is 5.06. The van der Waals surface area contributed by atoms with Crippen molar-refractivity contribution in [2.24, 2.45) is 0 Å². The lowest BCUT2D eigenvalue weighted by molar-refractivity contribution is 0.101. The van der Waals surface area contributed by atoms with Gasteiger partial charge in [0.15, 0.2) is 25.6 Å². The summed E-state index contributed by atoms with van der Waals surface area (Å²) in [5.74, 6) is -0.0250. The Morgan fingerprint density at radius 2 is 1.91 bits per heavy atom. The van der Waals surface area contributed by atoms with E-state index >= 15 is 0 Å². The lowest BCUT2D eigenvalue weighted by Gasteiger charge is -2.03. The minimum absolute atomic E-state index is 0.0356. The minimum atomic E-state index is -3.31. The van der Waals surface area contributed by atoms with Crippen molar-refractivity contribution >= 4 is 44.0 Å². The van der Waals surface area contributed by atoms with Gasteiger partial charge in [-0.3, -0.25) is 10.1 Å². The van der Waals surface area contributed by atoms with Gasteiger partial charge in [-0.1, -0.05) is 53.4 Å². The summed E-state index contributed by atoms with van der Waals surface area (Å²) in [5, 5.41) is 14.6. The molecule has 0 aliphatic carbocycles. The number of sulfone groups is 1. The van der Waals surface area contributed by atoms with E-state index in [-0.39, 0.29) is 27.3 Å². The average molecular weight is 519 g/mol. The fraction of sp³-hybridized carbons (Fsp3) is 0.182. The second kappa shape index (κ2) is 10.5. The molecule has 0 spiro atoms. The number of nitrogens with one attached hydrogen (secondary N) is 1. The normalized spacial score (nSPS) is 11.5. The zero-order valence-corrected chi connectivity index (χ0v) is 20.3. The number of nitrogens with zero attached hydrogens (tertiary/aromatic N) is 3. The van der Waals surface area contributed by atoms with Gasteiger partial charge in [0.2, 0.25) is 5.13 Å². The summed E-state index contributed by atoms with van der Waals surface area (Å²) in [6.07, 6.45) is 0.533. The highest BCUT2D eigenvalue weighted by atomic mass is 32.2. The minimum Gasteiger partial charge on any atom is -0.355 e. The molecule has 2 aromatic heterocycles. The molecule has 0 saturated heterocycles. The number of carbonyl (C=O) groups is 1. The van der Waals surface area contributed by atoms with Crippen molar-refractivity contribution in [1.82, 2.24) is 15.4 Å². The highest BCUT2D eigenvalue weighted by Crippen LogP contribution is 2.29. The number of thioether (sulfide) groups is 1. The van der Waals surface area contributed by atoms with Gasteiger partial charge >= 0.3 is 0 Å². The van der Waals surface area contributed by atoms with Crippen LogP contribution in [-0.4, -0.2) is 35.4 Å². The molecule has 0 aliphatic rings. The molecule has 1 amide bonds. The molecule has 0 aliphatic heterocycles. The summed E-state index contributed by atoms with van der Waals surface area (Å²) in [7, 11) is -3.31. The lowest BCUT2D eigenvalue weighted by Crippen LogP contribution is -2.11. The molecule has 176 valence electrons. The number of halogens is 1. The van der Waals surface area contributed by atoms with Crippen LogP contribution in [0.2, 0.25) is 0 Å². The Bertz CT molecular complexity index is 1400. The van der Waals surface area contributed by atoms with Crippen LogP contribution in [-0.2, 0) is 15.6 Å². The van der Waals surface area contributed by atoms with Gasteiger partial charge in [-0.15, -0.1) is 10.2 Å². The molecule has 4 aromatic rings. The Morgan fingerprint density at radius 1 is 1.15 bits per heavy atom. The van der Waals surface area contributed by atoms with Gasteiger partial charge in [0.1, 0.15) is 5.82 Å². The van der Waals surface area contributed by atoms with E-state index in [0.717, 1.165) is 11.3 Å². The monoisotopic (exact) mass is 518 g/mol. The first kappa shape index (κ1) is 24.0. The highest BCUT2D eigenvalue weighted by molar-refractivity contribution is 8.00. The molecule has 0 radical (unpaired) electrons. The van der Waals surface area contributed by atoms with Gasteiger partial charge in [0.05, 0.1) is 10.6 Å². The van der Waals surface area contributed by atoms with Crippen LogP contribution in [0.25, 0.3) is 11.3 Å². The molecule has 0 unspecified atom stereocenters. The van der Waals surface area contributed by atoms with Crippen LogP contribution in [0.15, 0.2) is 68.4 Å². The van der Waals surface area contributed by atoms with Crippen molar-refractivity contribution in [2.45, 2.75) is 28.3 Å². The van der Waals surface area contributed by atoms with Crippen LogP contribution in [0.3, 0.4) is 0 Å². The first-order chi connectivity index (χ1) is 16.4. The number of aromatic nitrogens is 3. The maximum absolute atomic E-state index is 13.7. The largest absolute Gasteiger partial charge is 0.355 e. The SMILES string of the molecule is CCCS(=O)(=O)c1ccc(-c2cc(C(=O)Nc3nnc(SCc4ccccc4F)s3)no2)cc1. The third-order valence-electron chi connectivity index (χ3n) is 4.65. The van der Waals surface area contributed by atoms with E-state index < -0.39 is 15.7 Å². The summed E-state index contributed by atoms with van der Waals surface area (Å²) in [5.41, 5.74) is 1.18. The zero-order chi connectivity index (χ0) is 24.1. The fourth-order valence-corrected chi connectivity index (χ4v) is 6.02. The number of benzene rings is 2. The molecule has 34 heavy (non-hydrogen) atoms. The van der Waals surface area contributed by atoms with Crippen molar-refractivity contribution < 1.29 is 22.1 Å². The van der Waals surface area contributed by atoms with Crippen LogP contribution in [0.1, 0.15) is 29.4 Å². The maximum atomic E-state index is 13.7. The Labute approximate surface area is 203 Å². The molecule has 8 nitrogen and oxygen atoms in total. The standard InChI is InChI=1S/C22H19FN4O4S3/c1-2-11-34(29,30)16-9-7-14(8-10-16)19-12-18(27-31-19)20(28)24-21-25-26-22(33-21)32-13-15-5-3-4-6-17(15)23/h3-10,12H,2,11,13H2,1H3,(H,24,25,28). The Morgan fingerprint density at radius 3 is 2.65 bits per heavy atom. The Kier molecular flexibility index (Phi) is 7.39. The summed E-state index contributed by atoms with van der Waals surface area (Å²) in [6, 6.07) is 14.2. The number of hydrogen-bond donors (Lipinski definition) is 1. The summed E-state index contributed by atoms with van der Waals surface area (Å²) < 4.78 is 43.9. The molecule has 2 aromatic carbocycles. The first-order valence-electron chi connectivity index (χ1n) is 10.2. The number of anilines is 1. The Hall–Kier alpha value is -3.09. The number of carbonyl (C=O) groups excluding carboxylic acids is 1. The zero-order valence-electron chi connectivity index (χ0n) is 17.9. The first-order valence-corrected chi connectivity index (χ1v) is 13.6. The molecule has 12 heteroatoms. The fourth-order valence-electron chi connectivity index (χ4n) is 2.97. The van der Waals surface area contributed by atoms with E-state index in [1.807, 2.05) is 0 Å². The highest BCUT2D eigenvalue weighted by Gasteiger charge is 2.18. The van der Waals surface area contributed by atoms with Crippen LogP contribution in [0.5, 0.6) is 0 Å². The van der Waals surface area contributed by atoms with Gasteiger partial charge < -0.3 is 4.52 Å². The van der Waals surface area contributed by atoms with Crippen molar-refractivity contribution in [2.75, 3.05) is 11.1 Å². The quantitative estimate of drug-likeness (QED) is 0.241. The predicted molar refractivity (Wildman–Crippen MR) is 128 cm³/mol. The van der Waals surface area contributed by atoms with E-state index in [9.17, 15) is 17.6 Å². The smallest absolute Gasteiger partial charge is 0.279 e. The van der Waals surface area contributed by atoms with E-state index in [1.165, 1.54) is 36.0 Å². The van der Waals surface area contributed by atoms with E-state index in [4.69, 9.17) is 4.52 Å². The third kappa shape index (κ3) is 5.69. The van der Waals surface area contributed by atoms with E-state index in [2.05, 4.69) is 20.7 Å².